The molecule has 0 aliphatic rings. The van der Waals surface area contributed by atoms with Gasteiger partial charge in [-0.2, -0.15) is 0 Å². The Bertz CT molecular complexity index is 485. The van der Waals surface area contributed by atoms with Gasteiger partial charge < -0.3 is 4.74 Å². The normalized spacial score (nSPS) is 10.1. The molecule has 0 N–H and O–H groups in total. The van der Waals surface area contributed by atoms with Crippen molar-refractivity contribution in [1.82, 2.24) is 4.98 Å². The molecular weight excluding hydrogens is 222 g/mol. The minimum atomic E-state index is 0.497. The Balaban J connectivity index is 2.20. The van der Waals surface area contributed by atoms with Crippen LogP contribution in [0.5, 0.6) is 5.75 Å². The first-order valence-corrected chi connectivity index (χ1v) is 5.27. The minimum Gasteiger partial charge on any atom is -0.497 e. The summed E-state index contributed by atoms with van der Waals surface area (Å²) >= 11 is 5.81. The number of hydrogen-bond acceptors (Lipinski definition) is 2. The topological polar surface area (TPSA) is 22.1 Å². The molecule has 0 aliphatic carbocycles. The van der Waals surface area contributed by atoms with E-state index in [4.69, 9.17) is 16.3 Å². The summed E-state index contributed by atoms with van der Waals surface area (Å²) in [4.78, 5) is 4.19. The van der Waals surface area contributed by atoms with Crippen molar-refractivity contribution < 1.29 is 4.74 Å². The molecule has 2 rings (SSSR count). The summed E-state index contributed by atoms with van der Waals surface area (Å²) < 4.78 is 5.15. The SMILES string of the molecule is COc1cccc([CH]c2cccc(Cl)n2)c1. The van der Waals surface area contributed by atoms with Crippen LogP contribution in [0.3, 0.4) is 0 Å². The monoisotopic (exact) mass is 232 g/mol. The average molecular weight is 233 g/mol. The van der Waals surface area contributed by atoms with Crippen molar-refractivity contribution in [1.29, 1.82) is 0 Å². The molecule has 3 heteroatoms. The third kappa shape index (κ3) is 2.74. The largest absolute Gasteiger partial charge is 0.497 e. The van der Waals surface area contributed by atoms with Crippen molar-refractivity contribution in [3.63, 3.8) is 0 Å². The number of pyridine rings is 1. The van der Waals surface area contributed by atoms with Crippen molar-refractivity contribution in [2.45, 2.75) is 0 Å². The van der Waals surface area contributed by atoms with Crippen molar-refractivity contribution in [2.75, 3.05) is 7.11 Å². The van der Waals surface area contributed by atoms with Gasteiger partial charge in [0.1, 0.15) is 10.9 Å². The van der Waals surface area contributed by atoms with Gasteiger partial charge in [0, 0.05) is 6.42 Å². The number of aromatic nitrogens is 1. The number of rotatable bonds is 3. The average Bonchev–Trinajstić information content (AvgIpc) is 2.29. The molecule has 0 bridgehead atoms. The lowest BCUT2D eigenvalue weighted by Crippen LogP contribution is -1.90. The first-order chi connectivity index (χ1) is 7.78. The Hall–Kier alpha value is -1.54. The van der Waals surface area contributed by atoms with Gasteiger partial charge >= 0.3 is 0 Å². The highest BCUT2D eigenvalue weighted by Gasteiger charge is 2.00. The Labute approximate surface area is 99.9 Å². The zero-order chi connectivity index (χ0) is 11.4. The Morgan fingerprint density at radius 3 is 2.75 bits per heavy atom. The highest BCUT2D eigenvalue weighted by Crippen LogP contribution is 2.17. The molecule has 1 radical (unpaired) electrons. The van der Waals surface area contributed by atoms with Crippen LogP contribution in [-0.4, -0.2) is 12.1 Å². The Morgan fingerprint density at radius 2 is 2.00 bits per heavy atom. The highest BCUT2D eigenvalue weighted by atomic mass is 35.5. The Morgan fingerprint density at radius 1 is 1.19 bits per heavy atom. The zero-order valence-corrected chi connectivity index (χ0v) is 9.61. The molecule has 0 spiro atoms. The highest BCUT2D eigenvalue weighted by molar-refractivity contribution is 6.29. The van der Waals surface area contributed by atoms with E-state index in [1.54, 1.807) is 13.2 Å². The fourth-order valence-corrected chi connectivity index (χ4v) is 1.58. The van der Waals surface area contributed by atoms with E-state index in [1.807, 2.05) is 42.8 Å². The summed E-state index contributed by atoms with van der Waals surface area (Å²) in [5.74, 6) is 0.829. The molecule has 0 aliphatic heterocycles. The van der Waals surface area contributed by atoms with E-state index in [-0.39, 0.29) is 0 Å². The predicted octanol–water partition coefficient (Wildman–Crippen LogP) is 3.34. The lowest BCUT2D eigenvalue weighted by Gasteiger charge is -2.03. The van der Waals surface area contributed by atoms with E-state index >= 15 is 0 Å². The molecule has 1 aromatic carbocycles. The van der Waals surface area contributed by atoms with Crippen LogP contribution in [0, 0.1) is 6.42 Å². The number of ether oxygens (including phenoxy) is 1. The maximum atomic E-state index is 5.81. The molecule has 0 atom stereocenters. The smallest absolute Gasteiger partial charge is 0.129 e. The second kappa shape index (κ2) is 4.99. The van der Waals surface area contributed by atoms with Crippen molar-refractivity contribution in [3.05, 3.63) is 65.3 Å². The van der Waals surface area contributed by atoms with Gasteiger partial charge in [-0.3, -0.25) is 0 Å². The molecule has 1 aromatic heterocycles. The Kier molecular flexibility index (Phi) is 3.42. The predicted molar refractivity (Wildman–Crippen MR) is 64.7 cm³/mol. The van der Waals surface area contributed by atoms with E-state index in [9.17, 15) is 0 Å². The van der Waals surface area contributed by atoms with E-state index < -0.39 is 0 Å². The standard InChI is InChI=1S/C13H11ClNO/c1-16-12-6-2-4-10(9-12)8-11-5-3-7-13(14)15-11/h2-9H,1H3. The molecule has 81 valence electrons. The van der Waals surface area contributed by atoms with Crippen LogP contribution >= 0.6 is 11.6 Å². The van der Waals surface area contributed by atoms with Crippen molar-refractivity contribution >= 4 is 11.6 Å². The van der Waals surface area contributed by atoms with Gasteiger partial charge in [0.2, 0.25) is 0 Å². The lowest BCUT2D eigenvalue weighted by molar-refractivity contribution is 0.414. The summed E-state index contributed by atoms with van der Waals surface area (Å²) in [6.07, 6.45) is 1.95. The summed E-state index contributed by atoms with van der Waals surface area (Å²) in [6.45, 7) is 0. The third-order valence-corrected chi connectivity index (χ3v) is 2.36. The molecule has 1 heterocycles. The molecule has 16 heavy (non-hydrogen) atoms. The van der Waals surface area contributed by atoms with Crippen LogP contribution in [0.25, 0.3) is 0 Å². The molecule has 0 saturated heterocycles. The number of benzene rings is 1. The summed E-state index contributed by atoms with van der Waals surface area (Å²) in [5, 5.41) is 0.497. The van der Waals surface area contributed by atoms with Crippen molar-refractivity contribution in [2.24, 2.45) is 0 Å². The third-order valence-electron chi connectivity index (χ3n) is 2.14. The first-order valence-electron chi connectivity index (χ1n) is 4.89. The fourth-order valence-electron chi connectivity index (χ4n) is 1.41. The van der Waals surface area contributed by atoms with Crippen LogP contribution in [0.1, 0.15) is 11.3 Å². The van der Waals surface area contributed by atoms with E-state index in [1.165, 1.54) is 0 Å². The van der Waals surface area contributed by atoms with Crippen LogP contribution in [0.2, 0.25) is 5.15 Å². The molecule has 0 amide bonds. The number of nitrogens with zero attached hydrogens (tertiary/aromatic N) is 1. The van der Waals surface area contributed by atoms with E-state index in [0.717, 1.165) is 17.0 Å². The number of methoxy groups -OCH3 is 1. The summed E-state index contributed by atoms with van der Waals surface area (Å²) in [6, 6.07) is 13.3. The van der Waals surface area contributed by atoms with Crippen LogP contribution in [-0.2, 0) is 0 Å². The van der Waals surface area contributed by atoms with E-state index in [2.05, 4.69) is 4.98 Å². The van der Waals surface area contributed by atoms with Crippen LogP contribution in [0.15, 0.2) is 42.5 Å². The molecule has 2 aromatic rings. The number of halogens is 1. The van der Waals surface area contributed by atoms with Crippen molar-refractivity contribution in [3.8, 4) is 5.75 Å². The van der Waals surface area contributed by atoms with Gasteiger partial charge in [-0.05, 0) is 29.8 Å². The minimum absolute atomic E-state index is 0.497. The number of hydrogen-bond donors (Lipinski definition) is 0. The summed E-state index contributed by atoms with van der Waals surface area (Å²) in [7, 11) is 1.65. The van der Waals surface area contributed by atoms with Crippen LogP contribution in [0.4, 0.5) is 0 Å². The first kappa shape index (κ1) is 11.0. The summed E-state index contributed by atoms with van der Waals surface area (Å²) in [5.41, 5.74) is 1.87. The van der Waals surface area contributed by atoms with Gasteiger partial charge in [-0.15, -0.1) is 0 Å². The molecule has 2 nitrogen and oxygen atoms in total. The van der Waals surface area contributed by atoms with E-state index in [0.29, 0.717) is 5.15 Å². The van der Waals surface area contributed by atoms with Gasteiger partial charge in [0.05, 0.1) is 12.8 Å². The second-order valence-electron chi connectivity index (χ2n) is 3.31. The van der Waals surface area contributed by atoms with Gasteiger partial charge in [0.25, 0.3) is 0 Å². The van der Waals surface area contributed by atoms with Crippen LogP contribution < -0.4 is 4.74 Å². The molecule has 0 saturated carbocycles. The van der Waals surface area contributed by atoms with Gasteiger partial charge in [-0.25, -0.2) is 4.98 Å². The lowest BCUT2D eigenvalue weighted by atomic mass is 10.1. The quantitative estimate of drug-likeness (QED) is 0.758. The molecule has 0 fully saturated rings. The van der Waals surface area contributed by atoms with Gasteiger partial charge in [0.15, 0.2) is 0 Å². The maximum absolute atomic E-state index is 5.81. The second-order valence-corrected chi connectivity index (χ2v) is 3.69. The molecular formula is C13H11ClNO. The molecule has 0 unspecified atom stereocenters. The zero-order valence-electron chi connectivity index (χ0n) is 8.85. The van der Waals surface area contributed by atoms with Gasteiger partial charge in [-0.1, -0.05) is 29.8 Å². The fraction of sp³-hybridized carbons (Fsp3) is 0.0769. The maximum Gasteiger partial charge on any atom is 0.129 e.